The molecule has 140 valence electrons. The number of benzene rings is 1. The molecule has 0 N–H and O–H groups in total. The van der Waals surface area contributed by atoms with Crippen LogP contribution >= 0.6 is 0 Å². The Labute approximate surface area is 143 Å². The van der Waals surface area contributed by atoms with E-state index in [4.69, 9.17) is 4.74 Å². The monoisotopic (exact) mass is 379 g/mol. The Morgan fingerprint density at radius 1 is 1.00 bits per heavy atom. The molecule has 0 fully saturated rings. The van der Waals surface area contributed by atoms with Gasteiger partial charge in [0.15, 0.2) is 6.61 Å². The number of hydrogen-bond acceptors (Lipinski definition) is 4. The zero-order valence-electron chi connectivity index (χ0n) is 13.1. The molecule has 1 heterocycles. The average molecular weight is 379 g/mol. The second kappa shape index (κ2) is 7.22. The summed E-state index contributed by atoms with van der Waals surface area (Å²) in [5, 5.41) is 0. The summed E-state index contributed by atoms with van der Waals surface area (Å²) in [5.41, 5.74) is -3.34. The average Bonchev–Trinajstić information content (AvgIpc) is 2.58. The third kappa shape index (κ3) is 4.87. The van der Waals surface area contributed by atoms with E-state index >= 15 is 0 Å². The molecule has 0 saturated carbocycles. The molecule has 0 spiro atoms. The number of carbonyl (C=O) groups is 1. The van der Waals surface area contributed by atoms with Crippen molar-refractivity contribution in [3.05, 3.63) is 47.7 Å². The number of aromatic nitrogens is 1. The summed E-state index contributed by atoms with van der Waals surface area (Å²) in [5.74, 6) is -0.566. The lowest BCUT2D eigenvalue weighted by molar-refractivity contribution is -0.144. The quantitative estimate of drug-likeness (QED) is 0.586. The molecule has 0 unspecified atom stereocenters. The van der Waals surface area contributed by atoms with E-state index in [0.717, 1.165) is 13.3 Å². The zero-order chi connectivity index (χ0) is 19.5. The number of ether oxygens (including phenoxy) is 2. The van der Waals surface area contributed by atoms with Crippen LogP contribution in [-0.4, -0.2) is 24.7 Å². The maximum Gasteiger partial charge on any atom is 0.416 e. The largest absolute Gasteiger partial charge is 0.480 e. The Morgan fingerprint density at radius 2 is 1.58 bits per heavy atom. The molecule has 2 aromatic rings. The van der Waals surface area contributed by atoms with Gasteiger partial charge >= 0.3 is 18.3 Å². The van der Waals surface area contributed by atoms with E-state index < -0.39 is 36.1 Å². The van der Waals surface area contributed by atoms with E-state index in [1.54, 1.807) is 0 Å². The first-order valence-electron chi connectivity index (χ1n) is 6.96. The van der Waals surface area contributed by atoms with Crippen LogP contribution < -0.4 is 4.74 Å². The normalized spacial score (nSPS) is 12.0. The first kappa shape index (κ1) is 19.5. The van der Waals surface area contributed by atoms with Crippen molar-refractivity contribution in [2.24, 2.45) is 0 Å². The highest BCUT2D eigenvalue weighted by Crippen LogP contribution is 2.38. The van der Waals surface area contributed by atoms with Crippen molar-refractivity contribution in [3.63, 3.8) is 0 Å². The molecule has 0 saturated heterocycles. The van der Waals surface area contributed by atoms with Crippen LogP contribution in [0.25, 0.3) is 11.3 Å². The van der Waals surface area contributed by atoms with Crippen LogP contribution in [0.15, 0.2) is 36.5 Å². The third-order valence-electron chi connectivity index (χ3n) is 3.20. The van der Waals surface area contributed by atoms with E-state index in [1.165, 1.54) is 12.1 Å². The van der Waals surface area contributed by atoms with E-state index in [0.29, 0.717) is 12.1 Å². The van der Waals surface area contributed by atoms with Crippen molar-refractivity contribution >= 4 is 5.97 Å². The van der Waals surface area contributed by atoms with Gasteiger partial charge in [-0.25, -0.2) is 4.79 Å². The molecule has 0 aliphatic heterocycles. The predicted molar refractivity (Wildman–Crippen MR) is 77.2 cm³/mol. The molecule has 0 amide bonds. The van der Waals surface area contributed by atoms with E-state index in [-0.39, 0.29) is 23.1 Å². The molecule has 4 nitrogen and oxygen atoms in total. The molecule has 0 radical (unpaired) electrons. The van der Waals surface area contributed by atoms with Gasteiger partial charge < -0.3 is 9.47 Å². The van der Waals surface area contributed by atoms with Crippen molar-refractivity contribution in [1.29, 1.82) is 0 Å². The highest BCUT2D eigenvalue weighted by molar-refractivity contribution is 5.71. The molecule has 0 atom stereocenters. The van der Waals surface area contributed by atoms with E-state index in [9.17, 15) is 31.1 Å². The van der Waals surface area contributed by atoms with E-state index in [1.807, 2.05) is 0 Å². The van der Waals surface area contributed by atoms with Crippen LogP contribution in [0.2, 0.25) is 0 Å². The number of pyridine rings is 1. The number of alkyl halides is 6. The van der Waals surface area contributed by atoms with Crippen LogP contribution in [0.3, 0.4) is 0 Å². The molecular formula is C16H11F6NO3. The number of rotatable bonds is 4. The maximum atomic E-state index is 12.9. The third-order valence-corrected chi connectivity index (χ3v) is 3.20. The van der Waals surface area contributed by atoms with Crippen LogP contribution in [0.5, 0.6) is 5.75 Å². The summed E-state index contributed by atoms with van der Waals surface area (Å²) in [6.45, 7) is -0.417. The highest BCUT2D eigenvalue weighted by atomic mass is 19.4. The lowest BCUT2D eigenvalue weighted by Crippen LogP contribution is -2.12. The zero-order valence-corrected chi connectivity index (χ0v) is 13.1. The lowest BCUT2D eigenvalue weighted by atomic mass is 10.0. The van der Waals surface area contributed by atoms with Gasteiger partial charge in [-0.3, -0.25) is 4.98 Å². The lowest BCUT2D eigenvalue weighted by Gasteiger charge is -2.14. The smallest absolute Gasteiger partial charge is 0.416 e. The van der Waals surface area contributed by atoms with Crippen molar-refractivity contribution in [2.75, 3.05) is 13.7 Å². The van der Waals surface area contributed by atoms with Gasteiger partial charge in [-0.1, -0.05) is 0 Å². The minimum Gasteiger partial charge on any atom is -0.480 e. The van der Waals surface area contributed by atoms with Gasteiger partial charge in [0.25, 0.3) is 0 Å². The van der Waals surface area contributed by atoms with Crippen molar-refractivity contribution in [3.8, 4) is 17.0 Å². The maximum absolute atomic E-state index is 12.9. The molecule has 0 aliphatic carbocycles. The number of hydrogen-bond donors (Lipinski definition) is 0. The van der Waals surface area contributed by atoms with Crippen molar-refractivity contribution in [1.82, 2.24) is 4.98 Å². The Morgan fingerprint density at radius 3 is 2.00 bits per heavy atom. The Hall–Kier alpha value is -2.78. The van der Waals surface area contributed by atoms with Crippen molar-refractivity contribution < 1.29 is 40.6 Å². The Kier molecular flexibility index (Phi) is 5.43. The van der Waals surface area contributed by atoms with Gasteiger partial charge in [-0.2, -0.15) is 26.3 Å². The number of halogens is 6. The summed E-state index contributed by atoms with van der Waals surface area (Å²) in [4.78, 5) is 14.7. The Bertz CT molecular complexity index is 752. The van der Waals surface area contributed by atoms with Crippen LogP contribution in [0.1, 0.15) is 11.1 Å². The SMILES string of the molecule is COC(=O)COc1ccc(-c2cc(C(F)(F)F)cc(C(F)(F)F)c2)nc1. The molecule has 10 heteroatoms. The van der Waals surface area contributed by atoms with Gasteiger partial charge in [0.05, 0.1) is 30.1 Å². The molecule has 1 aromatic carbocycles. The predicted octanol–water partition coefficient (Wildman–Crippen LogP) is 4.34. The minimum absolute atomic E-state index is 0.0390. The van der Waals surface area contributed by atoms with Gasteiger partial charge in [0, 0.05) is 5.56 Å². The molecule has 0 bridgehead atoms. The van der Waals surface area contributed by atoms with Gasteiger partial charge in [0.1, 0.15) is 5.75 Å². The second-order valence-electron chi connectivity index (χ2n) is 5.04. The number of nitrogens with zero attached hydrogens (tertiary/aromatic N) is 1. The number of carbonyl (C=O) groups excluding carboxylic acids is 1. The molecular weight excluding hydrogens is 368 g/mol. The fourth-order valence-electron chi connectivity index (χ4n) is 1.94. The van der Waals surface area contributed by atoms with Crippen LogP contribution in [0, 0.1) is 0 Å². The molecule has 1 aromatic heterocycles. The summed E-state index contributed by atoms with van der Waals surface area (Å²) in [7, 11) is 1.15. The summed E-state index contributed by atoms with van der Waals surface area (Å²) >= 11 is 0. The van der Waals surface area contributed by atoms with Gasteiger partial charge in [-0.05, 0) is 30.3 Å². The molecule has 26 heavy (non-hydrogen) atoms. The number of esters is 1. The standard InChI is InChI=1S/C16H11F6NO3/c1-25-14(24)8-26-12-2-3-13(23-7-12)9-4-10(15(17,18)19)6-11(5-9)16(20,21)22/h2-7H,8H2,1H3. The topological polar surface area (TPSA) is 48.4 Å². The number of methoxy groups -OCH3 is 1. The summed E-state index contributed by atoms with van der Waals surface area (Å²) in [6, 6.07) is 3.64. The minimum atomic E-state index is -4.94. The Balaban J connectivity index is 2.36. The van der Waals surface area contributed by atoms with Gasteiger partial charge in [-0.15, -0.1) is 0 Å². The van der Waals surface area contributed by atoms with Crippen molar-refractivity contribution in [2.45, 2.75) is 12.4 Å². The summed E-state index contributed by atoms with van der Waals surface area (Å²) in [6.07, 6.45) is -8.81. The van der Waals surface area contributed by atoms with Crippen LogP contribution in [0.4, 0.5) is 26.3 Å². The van der Waals surface area contributed by atoms with E-state index in [2.05, 4.69) is 9.72 Å². The highest BCUT2D eigenvalue weighted by Gasteiger charge is 2.37. The first-order valence-corrected chi connectivity index (χ1v) is 6.96. The summed E-state index contributed by atoms with van der Waals surface area (Å²) < 4.78 is 86.6. The van der Waals surface area contributed by atoms with Crippen LogP contribution in [-0.2, 0) is 21.9 Å². The fourth-order valence-corrected chi connectivity index (χ4v) is 1.94. The molecule has 2 rings (SSSR count). The fraction of sp³-hybridized carbons (Fsp3) is 0.250. The second-order valence-corrected chi connectivity index (χ2v) is 5.04. The van der Waals surface area contributed by atoms with Gasteiger partial charge in [0.2, 0.25) is 0 Å². The molecule has 0 aliphatic rings. The first-order chi connectivity index (χ1) is 12.0.